The minimum atomic E-state index is 0.697. The number of unbranched alkanes of at least 4 members (excludes halogenated alkanes) is 3. The van der Waals surface area contributed by atoms with E-state index in [1.54, 1.807) is 0 Å². The Bertz CT molecular complexity index is 243. The lowest BCUT2D eigenvalue weighted by molar-refractivity contribution is -0.724. The van der Waals surface area contributed by atoms with E-state index in [9.17, 15) is 0 Å². The lowest BCUT2D eigenvalue weighted by Gasteiger charge is -2.09. The summed E-state index contributed by atoms with van der Waals surface area (Å²) in [6.45, 7) is 4.55. The molecular weight excluding hydrogens is 182 g/mol. The molecule has 15 heavy (non-hydrogen) atoms. The van der Waals surface area contributed by atoms with Crippen molar-refractivity contribution in [3.63, 3.8) is 0 Å². The highest BCUT2D eigenvalue weighted by molar-refractivity contribution is 4.84. The number of rotatable bonds is 7. The van der Waals surface area contributed by atoms with Crippen LogP contribution in [0.5, 0.6) is 0 Å². The van der Waals surface area contributed by atoms with Crippen LogP contribution < -0.4 is 4.57 Å². The van der Waals surface area contributed by atoms with Gasteiger partial charge >= 0.3 is 0 Å². The number of hydrogen-bond acceptors (Lipinski definition) is 0. The van der Waals surface area contributed by atoms with Crippen molar-refractivity contribution in [2.45, 2.75) is 58.4 Å². The zero-order chi connectivity index (χ0) is 10.9. The van der Waals surface area contributed by atoms with Crippen LogP contribution in [-0.4, -0.2) is 0 Å². The van der Waals surface area contributed by atoms with Crippen molar-refractivity contribution < 1.29 is 4.57 Å². The van der Waals surface area contributed by atoms with E-state index < -0.39 is 0 Å². The topological polar surface area (TPSA) is 3.88 Å². The Kier molecular flexibility index (Phi) is 6.06. The molecule has 1 heterocycles. The van der Waals surface area contributed by atoms with Gasteiger partial charge in [-0.1, -0.05) is 39.2 Å². The summed E-state index contributed by atoms with van der Waals surface area (Å²) in [6, 6.07) is 7.02. The third-order valence-electron chi connectivity index (χ3n) is 3.02. The zero-order valence-corrected chi connectivity index (χ0v) is 10.2. The van der Waals surface area contributed by atoms with Crippen molar-refractivity contribution in [2.75, 3.05) is 0 Å². The Labute approximate surface area is 94.1 Å². The van der Waals surface area contributed by atoms with E-state index in [0.29, 0.717) is 6.04 Å². The van der Waals surface area contributed by atoms with Crippen LogP contribution in [0, 0.1) is 0 Å². The maximum absolute atomic E-state index is 2.35. The number of pyridine rings is 1. The molecular formula is C14H24N+. The molecule has 0 saturated carbocycles. The second kappa shape index (κ2) is 7.44. The summed E-state index contributed by atoms with van der Waals surface area (Å²) in [4.78, 5) is 0. The molecule has 1 unspecified atom stereocenters. The quantitative estimate of drug-likeness (QED) is 0.470. The van der Waals surface area contributed by atoms with E-state index in [0.717, 1.165) is 0 Å². The summed E-state index contributed by atoms with van der Waals surface area (Å²) in [5.41, 5.74) is 0. The van der Waals surface area contributed by atoms with E-state index in [1.165, 1.54) is 38.5 Å². The van der Waals surface area contributed by atoms with Gasteiger partial charge in [0.2, 0.25) is 0 Å². The van der Waals surface area contributed by atoms with Gasteiger partial charge in [0, 0.05) is 25.0 Å². The Hall–Kier alpha value is -0.850. The molecule has 0 aliphatic heterocycles. The van der Waals surface area contributed by atoms with Crippen molar-refractivity contribution in [2.24, 2.45) is 0 Å². The average molecular weight is 206 g/mol. The fourth-order valence-corrected chi connectivity index (χ4v) is 2.03. The molecule has 0 bridgehead atoms. The van der Waals surface area contributed by atoms with E-state index >= 15 is 0 Å². The van der Waals surface area contributed by atoms with Crippen LogP contribution in [0.2, 0.25) is 0 Å². The Balaban J connectivity index is 2.36. The Morgan fingerprint density at radius 3 is 2.27 bits per heavy atom. The average Bonchev–Trinajstić information content (AvgIpc) is 2.30. The van der Waals surface area contributed by atoms with Gasteiger partial charge in [0.1, 0.15) is 0 Å². The van der Waals surface area contributed by atoms with Gasteiger partial charge < -0.3 is 0 Å². The Morgan fingerprint density at radius 2 is 1.67 bits per heavy atom. The third kappa shape index (κ3) is 4.46. The van der Waals surface area contributed by atoms with E-state index in [2.05, 4.69) is 49.0 Å². The molecule has 1 nitrogen and oxygen atoms in total. The van der Waals surface area contributed by atoms with Crippen LogP contribution in [0.3, 0.4) is 0 Å². The molecule has 84 valence electrons. The van der Waals surface area contributed by atoms with Crippen LogP contribution in [0.25, 0.3) is 0 Å². The molecule has 1 aromatic heterocycles. The van der Waals surface area contributed by atoms with Crippen LogP contribution >= 0.6 is 0 Å². The summed E-state index contributed by atoms with van der Waals surface area (Å²) < 4.78 is 2.35. The monoisotopic (exact) mass is 206 g/mol. The summed E-state index contributed by atoms with van der Waals surface area (Å²) in [5.74, 6) is 0. The maximum Gasteiger partial charge on any atom is 0.169 e. The lowest BCUT2D eigenvalue weighted by atomic mass is 10.1. The summed E-state index contributed by atoms with van der Waals surface area (Å²) in [6.07, 6.45) is 12.4. The predicted octanol–water partition coefficient (Wildman–Crippen LogP) is 3.90. The summed E-state index contributed by atoms with van der Waals surface area (Å²) >= 11 is 0. The normalized spacial score (nSPS) is 12.7. The minimum Gasteiger partial charge on any atom is -0.202 e. The van der Waals surface area contributed by atoms with Gasteiger partial charge in [-0.05, 0) is 6.42 Å². The lowest BCUT2D eigenvalue weighted by Crippen LogP contribution is -2.38. The Morgan fingerprint density at radius 1 is 0.933 bits per heavy atom. The van der Waals surface area contributed by atoms with Gasteiger partial charge in [-0.25, -0.2) is 4.57 Å². The summed E-state index contributed by atoms with van der Waals surface area (Å²) in [5, 5.41) is 0. The number of nitrogens with zero attached hydrogens (tertiary/aromatic N) is 1. The van der Waals surface area contributed by atoms with Gasteiger partial charge in [0.25, 0.3) is 0 Å². The maximum atomic E-state index is 2.35. The first-order chi connectivity index (χ1) is 7.38. The second-order valence-electron chi connectivity index (χ2n) is 4.23. The van der Waals surface area contributed by atoms with Gasteiger partial charge in [0.15, 0.2) is 18.4 Å². The molecule has 0 saturated heterocycles. The molecule has 0 amide bonds. The van der Waals surface area contributed by atoms with E-state index in [1.807, 2.05) is 0 Å². The van der Waals surface area contributed by atoms with Crippen molar-refractivity contribution in [3.8, 4) is 0 Å². The molecule has 0 N–H and O–H groups in total. The van der Waals surface area contributed by atoms with Crippen LogP contribution in [-0.2, 0) is 0 Å². The van der Waals surface area contributed by atoms with Crippen molar-refractivity contribution in [3.05, 3.63) is 30.6 Å². The predicted molar refractivity (Wildman–Crippen MR) is 64.7 cm³/mol. The molecule has 0 radical (unpaired) electrons. The number of hydrogen-bond donors (Lipinski definition) is 0. The highest BCUT2D eigenvalue weighted by Gasteiger charge is 2.14. The first kappa shape index (κ1) is 12.2. The van der Waals surface area contributed by atoms with Gasteiger partial charge in [0.05, 0.1) is 0 Å². The van der Waals surface area contributed by atoms with Crippen LogP contribution in [0.4, 0.5) is 0 Å². The largest absolute Gasteiger partial charge is 0.202 e. The molecule has 0 spiro atoms. The van der Waals surface area contributed by atoms with Gasteiger partial charge in [-0.3, -0.25) is 0 Å². The molecule has 0 aliphatic rings. The molecule has 0 aliphatic carbocycles. The van der Waals surface area contributed by atoms with Crippen LogP contribution in [0.1, 0.15) is 58.4 Å². The van der Waals surface area contributed by atoms with Crippen LogP contribution in [0.15, 0.2) is 30.6 Å². The second-order valence-corrected chi connectivity index (χ2v) is 4.23. The smallest absolute Gasteiger partial charge is 0.169 e. The molecule has 1 atom stereocenters. The van der Waals surface area contributed by atoms with Crippen molar-refractivity contribution in [1.82, 2.24) is 0 Å². The summed E-state index contributed by atoms with van der Waals surface area (Å²) in [7, 11) is 0. The van der Waals surface area contributed by atoms with Crippen molar-refractivity contribution in [1.29, 1.82) is 0 Å². The van der Waals surface area contributed by atoms with Crippen molar-refractivity contribution >= 4 is 0 Å². The molecule has 1 heteroatoms. The third-order valence-corrected chi connectivity index (χ3v) is 3.02. The fraction of sp³-hybridized carbons (Fsp3) is 0.643. The van der Waals surface area contributed by atoms with Gasteiger partial charge in [-0.15, -0.1) is 0 Å². The standard InChI is InChI=1S/C14H24N/c1-3-5-6-8-11-14(4-2)15-12-9-7-10-13-15/h7,9-10,12-14H,3-6,8,11H2,1-2H3/q+1. The highest BCUT2D eigenvalue weighted by Crippen LogP contribution is 2.13. The first-order valence-electron chi connectivity index (χ1n) is 6.34. The fourth-order valence-electron chi connectivity index (χ4n) is 2.03. The van der Waals surface area contributed by atoms with E-state index in [4.69, 9.17) is 0 Å². The molecule has 0 fully saturated rings. The SMILES string of the molecule is CCCCCCC(CC)[n+]1ccccc1. The molecule has 1 rings (SSSR count). The van der Waals surface area contributed by atoms with E-state index in [-0.39, 0.29) is 0 Å². The zero-order valence-electron chi connectivity index (χ0n) is 10.2. The highest BCUT2D eigenvalue weighted by atomic mass is 15.0. The van der Waals surface area contributed by atoms with Gasteiger partial charge in [-0.2, -0.15) is 0 Å². The minimum absolute atomic E-state index is 0.697. The molecule has 0 aromatic carbocycles. The number of aromatic nitrogens is 1. The first-order valence-corrected chi connectivity index (χ1v) is 6.34. The molecule has 1 aromatic rings.